The lowest BCUT2D eigenvalue weighted by molar-refractivity contribution is -0.123. The van der Waals surface area contributed by atoms with Crippen LogP contribution in [-0.2, 0) is 4.79 Å². The van der Waals surface area contributed by atoms with Crippen LogP contribution in [0, 0.1) is 5.95 Å². The Morgan fingerprint density at radius 1 is 1.05 bits per heavy atom. The van der Waals surface area contributed by atoms with E-state index in [0.717, 1.165) is 0 Å². The molecule has 7 nitrogen and oxygen atoms in total. The summed E-state index contributed by atoms with van der Waals surface area (Å²) < 4.78 is 61.5. The molecule has 0 fully saturated rings. The normalized spacial score (nSPS) is 12.5. The number of benzene rings is 2. The number of amides is 1. The van der Waals surface area contributed by atoms with Crippen molar-refractivity contribution in [2.75, 3.05) is 26.7 Å². The van der Waals surface area contributed by atoms with Gasteiger partial charge in [-0.3, -0.25) is 9.89 Å². The van der Waals surface area contributed by atoms with Gasteiger partial charge in [0, 0.05) is 44.0 Å². The maximum Gasteiger partial charge on any atom is 0.393 e. The Morgan fingerprint density at radius 3 is 2.52 bits per heavy atom. The quantitative estimate of drug-likeness (QED) is 0.102. The average molecular weight is 554 g/mol. The molecule has 0 saturated carbocycles. The van der Waals surface area contributed by atoms with E-state index >= 15 is 0 Å². The number of hydrogen-bond acceptors (Lipinski definition) is 5. The van der Waals surface area contributed by atoms with E-state index in [9.17, 15) is 22.4 Å². The van der Waals surface area contributed by atoms with Gasteiger partial charge < -0.3 is 15.4 Å². The summed E-state index contributed by atoms with van der Waals surface area (Å²) in [5.74, 6) is -0.650. The summed E-state index contributed by atoms with van der Waals surface area (Å²) in [6, 6.07) is 16.2. The van der Waals surface area contributed by atoms with E-state index in [1.54, 1.807) is 67.7 Å². The molecular weight excluding hydrogens is 526 g/mol. The Balaban J connectivity index is 1.64. The van der Waals surface area contributed by atoms with E-state index in [2.05, 4.69) is 25.8 Å². The van der Waals surface area contributed by atoms with Crippen molar-refractivity contribution in [1.82, 2.24) is 25.8 Å². The zero-order chi connectivity index (χ0) is 28.5. The third-order valence-electron chi connectivity index (χ3n) is 5.94. The monoisotopic (exact) mass is 553 g/mol. The number of likely N-dealkylation sites (N-methyl/N-ethyl adjacent to an activating group) is 1. The van der Waals surface area contributed by atoms with E-state index in [0.29, 0.717) is 41.2 Å². The molecule has 0 atom stereocenters. The van der Waals surface area contributed by atoms with Crippen LogP contribution in [0.5, 0.6) is 5.88 Å². The summed E-state index contributed by atoms with van der Waals surface area (Å²) in [5.41, 5.74) is 1.92. The predicted molar refractivity (Wildman–Crippen MR) is 145 cm³/mol. The summed E-state index contributed by atoms with van der Waals surface area (Å²) in [7, 11) is 1.54. The minimum atomic E-state index is -4.50. The fourth-order valence-electron chi connectivity index (χ4n) is 4.10. The third-order valence-corrected chi connectivity index (χ3v) is 5.94. The zero-order valence-corrected chi connectivity index (χ0v) is 21.6. The second kappa shape index (κ2) is 13.0. The van der Waals surface area contributed by atoms with Crippen LogP contribution in [0.2, 0.25) is 0 Å². The number of allylic oxidation sites excluding steroid dienone is 1. The lowest BCUT2D eigenvalue weighted by Gasteiger charge is -2.19. The van der Waals surface area contributed by atoms with Crippen molar-refractivity contribution in [3.63, 3.8) is 0 Å². The Hall–Kier alpha value is -4.51. The lowest BCUT2D eigenvalue weighted by atomic mass is 9.88. The van der Waals surface area contributed by atoms with Crippen LogP contribution in [0.15, 0.2) is 79.0 Å². The highest BCUT2D eigenvalue weighted by Gasteiger charge is 2.31. The van der Waals surface area contributed by atoms with Gasteiger partial charge in [-0.1, -0.05) is 42.5 Å². The summed E-state index contributed by atoms with van der Waals surface area (Å²) >= 11 is 0. The van der Waals surface area contributed by atoms with Crippen LogP contribution in [0.1, 0.15) is 23.1 Å². The van der Waals surface area contributed by atoms with Crippen LogP contribution < -0.4 is 15.4 Å². The number of rotatable bonds is 11. The van der Waals surface area contributed by atoms with Gasteiger partial charge in [0.25, 0.3) is 0 Å². The molecule has 0 saturated heterocycles. The second-order valence-corrected chi connectivity index (χ2v) is 8.74. The Bertz CT molecular complexity index is 1500. The largest absolute Gasteiger partial charge is 0.476 e. The molecule has 2 aromatic heterocycles. The molecule has 0 unspecified atom stereocenters. The minimum Gasteiger partial charge on any atom is -0.476 e. The topological polar surface area (TPSA) is 91.9 Å². The summed E-state index contributed by atoms with van der Waals surface area (Å²) in [5, 5.41) is 11.9. The number of pyridine rings is 1. The Morgan fingerprint density at radius 2 is 1.82 bits per heavy atom. The van der Waals surface area contributed by atoms with E-state index in [1.165, 1.54) is 18.3 Å². The van der Waals surface area contributed by atoms with Crippen LogP contribution in [0.25, 0.3) is 22.0 Å². The molecular formula is C29H27F4N5O2. The first-order valence-corrected chi connectivity index (χ1v) is 12.4. The highest BCUT2D eigenvalue weighted by atomic mass is 19.4. The molecule has 0 spiro atoms. The standard InChI is InChI=1S/C29H27F4N5O2/c1-34-25(39)8-5-13-35-14-15-40-26-12-10-21(18-36-26)27(20-9-11-24-22(16-20)28(30)38-37-24)23(17-29(31,32)33)19-6-3-2-4-7-19/h2-12,16,18,35H,13-15,17H2,1H3,(H,34,39)(H,37,38)/b8-5?,27-23-. The van der Waals surface area contributed by atoms with E-state index < -0.39 is 18.5 Å². The van der Waals surface area contributed by atoms with Crippen LogP contribution in [0.4, 0.5) is 17.6 Å². The number of aromatic amines is 1. The molecule has 0 aliphatic heterocycles. The van der Waals surface area contributed by atoms with Crippen molar-refractivity contribution in [2.45, 2.75) is 12.6 Å². The number of nitrogens with one attached hydrogen (secondary N) is 3. The molecule has 0 bridgehead atoms. The zero-order valence-electron chi connectivity index (χ0n) is 21.6. The van der Waals surface area contributed by atoms with Gasteiger partial charge in [-0.05, 0) is 40.5 Å². The SMILES string of the molecule is CNC(=O)C=CCNCCOc1ccc(/C(=C(/CC(F)(F)F)c2ccccc2)c2ccc3[nH]nc(F)c3c2)cn1. The number of carbonyl (C=O) groups excluding carboxylic acids is 1. The Labute approximate surface area is 228 Å². The van der Waals surface area contributed by atoms with Crippen molar-refractivity contribution in [3.8, 4) is 5.88 Å². The third kappa shape index (κ3) is 7.54. The van der Waals surface area contributed by atoms with Crippen molar-refractivity contribution in [2.24, 2.45) is 0 Å². The van der Waals surface area contributed by atoms with Gasteiger partial charge in [-0.15, -0.1) is 5.10 Å². The first kappa shape index (κ1) is 28.5. The molecule has 3 N–H and O–H groups in total. The molecule has 40 heavy (non-hydrogen) atoms. The molecule has 4 rings (SSSR count). The fraction of sp³-hybridized carbons (Fsp3) is 0.207. The molecule has 2 heterocycles. The number of halogens is 4. The molecule has 0 aliphatic carbocycles. The van der Waals surface area contributed by atoms with E-state index in [4.69, 9.17) is 4.74 Å². The molecule has 0 radical (unpaired) electrons. The highest BCUT2D eigenvalue weighted by molar-refractivity contribution is 6.00. The average Bonchev–Trinajstić information content (AvgIpc) is 3.32. The smallest absolute Gasteiger partial charge is 0.393 e. The molecule has 4 aromatic rings. The Kier molecular flexibility index (Phi) is 9.28. The predicted octanol–water partition coefficient (Wildman–Crippen LogP) is 5.28. The summed E-state index contributed by atoms with van der Waals surface area (Å²) in [6.45, 7) is 1.23. The van der Waals surface area contributed by atoms with Gasteiger partial charge in [0.2, 0.25) is 17.7 Å². The number of hydrogen-bond donors (Lipinski definition) is 3. The van der Waals surface area contributed by atoms with E-state index in [-0.39, 0.29) is 29.0 Å². The van der Waals surface area contributed by atoms with Gasteiger partial charge in [-0.25, -0.2) is 4.98 Å². The van der Waals surface area contributed by atoms with Gasteiger partial charge in [0.15, 0.2) is 0 Å². The number of H-pyrrole nitrogens is 1. The first-order chi connectivity index (χ1) is 19.2. The van der Waals surface area contributed by atoms with E-state index in [1.807, 2.05) is 0 Å². The van der Waals surface area contributed by atoms with Gasteiger partial charge in [0.1, 0.15) is 6.61 Å². The highest BCUT2D eigenvalue weighted by Crippen LogP contribution is 2.40. The fourth-order valence-corrected chi connectivity index (χ4v) is 4.10. The number of nitrogens with zero attached hydrogens (tertiary/aromatic N) is 2. The molecule has 1 amide bonds. The van der Waals surface area contributed by atoms with Crippen LogP contribution in [-0.4, -0.2) is 54.0 Å². The number of aromatic nitrogens is 3. The molecule has 0 aliphatic rings. The molecule has 11 heteroatoms. The lowest BCUT2D eigenvalue weighted by Crippen LogP contribution is -2.22. The van der Waals surface area contributed by atoms with Gasteiger partial charge in [0.05, 0.1) is 17.3 Å². The number of alkyl halides is 3. The maximum absolute atomic E-state index is 14.3. The first-order valence-electron chi connectivity index (χ1n) is 12.4. The van der Waals surface area contributed by atoms with Crippen molar-refractivity contribution in [3.05, 3.63) is 102 Å². The van der Waals surface area contributed by atoms with Crippen molar-refractivity contribution in [1.29, 1.82) is 0 Å². The van der Waals surface area contributed by atoms with Crippen molar-refractivity contribution < 1.29 is 27.1 Å². The van der Waals surface area contributed by atoms with Crippen LogP contribution >= 0.6 is 0 Å². The van der Waals surface area contributed by atoms with Gasteiger partial charge in [-0.2, -0.15) is 17.6 Å². The summed E-state index contributed by atoms with van der Waals surface area (Å²) in [6.07, 6.45) is -1.16. The number of ether oxygens (including phenoxy) is 1. The van der Waals surface area contributed by atoms with Crippen molar-refractivity contribution >= 4 is 28.0 Å². The molecule has 208 valence electrons. The number of carbonyl (C=O) groups is 1. The molecule has 2 aromatic carbocycles. The maximum atomic E-state index is 14.3. The minimum absolute atomic E-state index is 0.0285. The van der Waals surface area contributed by atoms with Gasteiger partial charge >= 0.3 is 6.18 Å². The second-order valence-electron chi connectivity index (χ2n) is 8.74. The summed E-state index contributed by atoms with van der Waals surface area (Å²) in [4.78, 5) is 15.5. The number of fused-ring (bicyclic) bond motifs is 1. The van der Waals surface area contributed by atoms with Crippen LogP contribution in [0.3, 0.4) is 0 Å².